The molecular formula is C11H19N3OS. The molecule has 1 fully saturated rings. The van der Waals surface area contributed by atoms with Gasteiger partial charge in [0.2, 0.25) is 0 Å². The van der Waals surface area contributed by atoms with E-state index in [4.69, 9.17) is 10.5 Å². The second-order valence-corrected chi connectivity index (χ2v) is 5.51. The van der Waals surface area contributed by atoms with Crippen LogP contribution in [-0.4, -0.2) is 35.7 Å². The summed E-state index contributed by atoms with van der Waals surface area (Å²) in [6, 6.07) is 0.571. The summed E-state index contributed by atoms with van der Waals surface area (Å²) < 4.78 is 5.41. The summed E-state index contributed by atoms with van der Waals surface area (Å²) in [5, 5.41) is 0.662. The van der Waals surface area contributed by atoms with Crippen molar-refractivity contribution in [2.45, 2.75) is 38.5 Å². The number of rotatable bonds is 3. The third-order valence-electron chi connectivity index (χ3n) is 3.23. The topological polar surface area (TPSA) is 51.4 Å². The van der Waals surface area contributed by atoms with Crippen molar-refractivity contribution in [1.82, 2.24) is 9.88 Å². The Labute approximate surface area is 100 Å². The van der Waals surface area contributed by atoms with E-state index in [0.29, 0.717) is 17.3 Å². The van der Waals surface area contributed by atoms with Crippen LogP contribution in [0.4, 0.5) is 5.13 Å². The van der Waals surface area contributed by atoms with E-state index in [1.807, 2.05) is 6.20 Å². The highest BCUT2D eigenvalue weighted by atomic mass is 32.1. The number of likely N-dealkylation sites (tertiary alicyclic amines) is 1. The molecule has 0 aliphatic carbocycles. The van der Waals surface area contributed by atoms with E-state index < -0.39 is 0 Å². The molecule has 2 heterocycles. The van der Waals surface area contributed by atoms with Crippen LogP contribution < -0.4 is 5.73 Å². The molecule has 0 bridgehead atoms. The van der Waals surface area contributed by atoms with Crippen molar-refractivity contribution >= 4 is 16.5 Å². The largest absolute Gasteiger partial charge is 0.381 e. The minimum Gasteiger partial charge on any atom is -0.381 e. The average molecular weight is 241 g/mol. The van der Waals surface area contributed by atoms with Crippen molar-refractivity contribution in [2.75, 3.05) is 19.4 Å². The van der Waals surface area contributed by atoms with Crippen molar-refractivity contribution in [1.29, 1.82) is 0 Å². The smallest absolute Gasteiger partial charge is 0.180 e. The molecule has 0 radical (unpaired) electrons. The van der Waals surface area contributed by atoms with Gasteiger partial charge in [0.25, 0.3) is 0 Å². The molecule has 0 amide bonds. The third-order valence-corrected chi connectivity index (χ3v) is 4.04. The molecule has 5 heteroatoms. The number of nitrogens with two attached hydrogens (primary N) is 1. The lowest BCUT2D eigenvalue weighted by atomic mass is 10.0. The summed E-state index contributed by atoms with van der Waals surface area (Å²) in [7, 11) is 1.80. The number of anilines is 1. The predicted octanol–water partition coefficient (Wildman–Crippen LogP) is 1.72. The zero-order valence-corrected chi connectivity index (χ0v) is 10.7. The van der Waals surface area contributed by atoms with E-state index >= 15 is 0 Å². The fourth-order valence-electron chi connectivity index (χ4n) is 2.22. The molecular weight excluding hydrogens is 222 g/mol. The van der Waals surface area contributed by atoms with Crippen LogP contribution in [0.15, 0.2) is 6.20 Å². The molecule has 1 saturated heterocycles. The van der Waals surface area contributed by atoms with Crippen LogP contribution in [0.5, 0.6) is 0 Å². The summed E-state index contributed by atoms with van der Waals surface area (Å²) in [4.78, 5) is 7.81. The Morgan fingerprint density at radius 3 is 3.06 bits per heavy atom. The number of hydrogen-bond acceptors (Lipinski definition) is 5. The van der Waals surface area contributed by atoms with Gasteiger partial charge in [0.05, 0.1) is 6.10 Å². The molecule has 16 heavy (non-hydrogen) atoms. The molecule has 0 saturated carbocycles. The van der Waals surface area contributed by atoms with Gasteiger partial charge in [0.1, 0.15) is 0 Å². The van der Waals surface area contributed by atoms with Crippen molar-refractivity contribution in [2.24, 2.45) is 0 Å². The first kappa shape index (κ1) is 11.8. The minimum atomic E-state index is 0.429. The Balaban J connectivity index is 1.91. The van der Waals surface area contributed by atoms with E-state index in [0.717, 1.165) is 25.9 Å². The van der Waals surface area contributed by atoms with Gasteiger partial charge in [-0.3, -0.25) is 4.90 Å². The number of methoxy groups -OCH3 is 1. The number of hydrogen-bond donors (Lipinski definition) is 1. The maximum absolute atomic E-state index is 5.63. The number of aromatic nitrogens is 1. The first-order chi connectivity index (χ1) is 7.69. The van der Waals surface area contributed by atoms with Crippen molar-refractivity contribution in [3.63, 3.8) is 0 Å². The molecule has 2 N–H and O–H groups in total. The number of nitrogen functional groups attached to an aromatic ring is 1. The molecule has 0 spiro atoms. The van der Waals surface area contributed by atoms with Gasteiger partial charge in [-0.25, -0.2) is 4.98 Å². The highest BCUT2D eigenvalue weighted by Crippen LogP contribution is 2.23. The first-order valence-corrected chi connectivity index (χ1v) is 6.47. The molecule has 1 aromatic heterocycles. The Kier molecular flexibility index (Phi) is 3.78. The Bertz CT molecular complexity index is 342. The zero-order chi connectivity index (χ0) is 11.5. The molecule has 2 rings (SSSR count). The van der Waals surface area contributed by atoms with Gasteiger partial charge >= 0.3 is 0 Å². The second-order valence-electron chi connectivity index (χ2n) is 4.37. The highest BCUT2D eigenvalue weighted by molar-refractivity contribution is 7.15. The standard InChI is InChI=1S/C11H19N3OS/c1-8-5-9(15-2)3-4-14(8)7-10-6-13-11(12)16-10/h6,8-9H,3-5,7H2,1-2H3,(H2,12,13). The van der Waals surface area contributed by atoms with Crippen molar-refractivity contribution < 1.29 is 4.74 Å². The fraction of sp³-hybridized carbons (Fsp3) is 0.727. The average Bonchev–Trinajstić information content (AvgIpc) is 2.67. The van der Waals surface area contributed by atoms with E-state index in [2.05, 4.69) is 16.8 Å². The lowest BCUT2D eigenvalue weighted by Gasteiger charge is -2.36. The lowest BCUT2D eigenvalue weighted by molar-refractivity contribution is 0.0133. The quantitative estimate of drug-likeness (QED) is 0.875. The number of piperidine rings is 1. The van der Waals surface area contributed by atoms with Crippen molar-refractivity contribution in [3.8, 4) is 0 Å². The Morgan fingerprint density at radius 1 is 1.69 bits per heavy atom. The molecule has 2 atom stereocenters. The summed E-state index contributed by atoms with van der Waals surface area (Å²) in [5.74, 6) is 0. The van der Waals surface area contributed by atoms with Gasteiger partial charge in [0.15, 0.2) is 5.13 Å². The van der Waals surface area contributed by atoms with Crippen LogP contribution in [0.1, 0.15) is 24.6 Å². The Hall–Kier alpha value is -0.650. The van der Waals surface area contributed by atoms with Crippen molar-refractivity contribution in [3.05, 3.63) is 11.1 Å². The molecule has 1 aliphatic heterocycles. The Morgan fingerprint density at radius 2 is 2.50 bits per heavy atom. The van der Waals surface area contributed by atoms with Crippen LogP contribution in [0.3, 0.4) is 0 Å². The predicted molar refractivity (Wildman–Crippen MR) is 66.4 cm³/mol. The maximum Gasteiger partial charge on any atom is 0.180 e. The summed E-state index contributed by atoms with van der Waals surface area (Å²) in [6.07, 6.45) is 4.55. The molecule has 0 aromatic carbocycles. The monoisotopic (exact) mass is 241 g/mol. The van der Waals surface area contributed by atoms with Gasteiger partial charge in [0, 0.05) is 37.3 Å². The summed E-state index contributed by atoms with van der Waals surface area (Å²) in [6.45, 7) is 4.32. The number of ether oxygens (including phenoxy) is 1. The first-order valence-electron chi connectivity index (χ1n) is 5.66. The summed E-state index contributed by atoms with van der Waals surface area (Å²) in [5.41, 5.74) is 5.63. The molecule has 2 unspecified atom stereocenters. The fourth-order valence-corrected chi connectivity index (χ4v) is 2.93. The minimum absolute atomic E-state index is 0.429. The highest BCUT2D eigenvalue weighted by Gasteiger charge is 2.25. The maximum atomic E-state index is 5.63. The SMILES string of the molecule is COC1CCN(Cc2cnc(N)s2)C(C)C1. The van der Waals surface area contributed by atoms with Crippen LogP contribution >= 0.6 is 11.3 Å². The van der Waals surface area contributed by atoms with E-state index in [-0.39, 0.29) is 0 Å². The second kappa shape index (κ2) is 5.12. The molecule has 90 valence electrons. The summed E-state index contributed by atoms with van der Waals surface area (Å²) >= 11 is 1.58. The molecule has 1 aliphatic rings. The van der Waals surface area contributed by atoms with Gasteiger partial charge in [-0.1, -0.05) is 0 Å². The van der Waals surface area contributed by atoms with E-state index in [1.54, 1.807) is 18.4 Å². The van der Waals surface area contributed by atoms with Gasteiger partial charge < -0.3 is 10.5 Å². The van der Waals surface area contributed by atoms with Crippen LogP contribution in [0.25, 0.3) is 0 Å². The third kappa shape index (κ3) is 2.72. The number of thiazole rings is 1. The van der Waals surface area contributed by atoms with E-state index in [9.17, 15) is 0 Å². The van der Waals surface area contributed by atoms with Crippen LogP contribution in [-0.2, 0) is 11.3 Å². The van der Waals surface area contributed by atoms with Gasteiger partial charge in [-0.15, -0.1) is 11.3 Å². The van der Waals surface area contributed by atoms with Gasteiger partial charge in [-0.05, 0) is 19.8 Å². The van der Waals surface area contributed by atoms with E-state index in [1.165, 1.54) is 4.88 Å². The normalized spacial score (nSPS) is 27.1. The zero-order valence-electron chi connectivity index (χ0n) is 9.85. The van der Waals surface area contributed by atoms with Gasteiger partial charge in [-0.2, -0.15) is 0 Å². The van der Waals surface area contributed by atoms with Crippen LogP contribution in [0.2, 0.25) is 0 Å². The lowest BCUT2D eigenvalue weighted by Crippen LogP contribution is -2.42. The molecule has 1 aromatic rings. The number of nitrogens with zero attached hydrogens (tertiary/aromatic N) is 2. The van der Waals surface area contributed by atoms with Crippen LogP contribution in [0, 0.1) is 0 Å². The molecule has 4 nitrogen and oxygen atoms in total.